The van der Waals surface area contributed by atoms with Crippen molar-refractivity contribution < 1.29 is 9.59 Å². The number of amides is 1. The predicted octanol–water partition coefficient (Wildman–Crippen LogP) is 2.92. The minimum absolute atomic E-state index is 0.0359. The predicted molar refractivity (Wildman–Crippen MR) is 129 cm³/mol. The molecule has 0 aliphatic carbocycles. The molecular formula is C25H35N5O2. The summed E-state index contributed by atoms with van der Waals surface area (Å²) in [5, 5.41) is 3.92. The summed E-state index contributed by atoms with van der Waals surface area (Å²) >= 11 is 0. The van der Waals surface area contributed by atoms with Crippen LogP contribution in [-0.4, -0.2) is 79.3 Å². The smallest absolute Gasteiger partial charge is 0.231 e. The maximum Gasteiger partial charge on any atom is 0.231 e. The molecule has 1 N–H and O–H groups in total. The van der Waals surface area contributed by atoms with Gasteiger partial charge in [-0.15, -0.1) is 0 Å². The minimum Gasteiger partial charge on any atom is -0.357 e. The fourth-order valence-corrected chi connectivity index (χ4v) is 4.55. The molecule has 2 aliphatic rings. The van der Waals surface area contributed by atoms with Gasteiger partial charge in [0, 0.05) is 50.3 Å². The van der Waals surface area contributed by atoms with Gasteiger partial charge in [0.25, 0.3) is 0 Å². The Kier molecular flexibility index (Phi) is 7.06. The van der Waals surface area contributed by atoms with Crippen LogP contribution in [0.2, 0.25) is 0 Å². The van der Waals surface area contributed by atoms with E-state index in [1.54, 1.807) is 0 Å². The zero-order valence-electron chi connectivity index (χ0n) is 19.6. The van der Waals surface area contributed by atoms with Crippen LogP contribution in [0, 0.1) is 12.8 Å². The van der Waals surface area contributed by atoms with Gasteiger partial charge in [-0.1, -0.05) is 6.92 Å². The second kappa shape index (κ2) is 9.96. The molecule has 1 aromatic heterocycles. The maximum atomic E-state index is 12.4. The summed E-state index contributed by atoms with van der Waals surface area (Å²) in [5.74, 6) is 1.53. The number of hydrogen-bond acceptors (Lipinski definition) is 6. The third-order valence-electron chi connectivity index (χ3n) is 6.75. The summed E-state index contributed by atoms with van der Waals surface area (Å²) < 4.78 is 0. The molecule has 0 spiro atoms. The van der Waals surface area contributed by atoms with Gasteiger partial charge in [0.2, 0.25) is 5.91 Å². The summed E-state index contributed by atoms with van der Waals surface area (Å²) in [6.07, 6.45) is 2.32. The lowest BCUT2D eigenvalue weighted by Crippen LogP contribution is -2.46. The van der Waals surface area contributed by atoms with E-state index in [2.05, 4.69) is 47.0 Å². The SMILES string of the molecule is Cc1cc(N2CCC(C)CC2)nc2ccc(NC(=O)CC(=O)CN3CCN(C)CC3)cc12. The van der Waals surface area contributed by atoms with E-state index in [0.717, 1.165) is 67.5 Å². The lowest BCUT2D eigenvalue weighted by molar-refractivity contribution is -0.126. The van der Waals surface area contributed by atoms with E-state index in [0.29, 0.717) is 12.2 Å². The Bertz CT molecular complexity index is 976. The minimum atomic E-state index is -0.256. The first-order valence-electron chi connectivity index (χ1n) is 11.8. The van der Waals surface area contributed by atoms with Crippen molar-refractivity contribution in [1.29, 1.82) is 0 Å². The van der Waals surface area contributed by atoms with E-state index < -0.39 is 0 Å². The van der Waals surface area contributed by atoms with Crippen LogP contribution in [0.15, 0.2) is 24.3 Å². The van der Waals surface area contributed by atoms with Crippen LogP contribution in [0.25, 0.3) is 10.9 Å². The number of likely N-dealkylation sites (N-methyl/N-ethyl adjacent to an activating group) is 1. The number of aryl methyl sites for hydroxylation is 1. The van der Waals surface area contributed by atoms with Gasteiger partial charge in [-0.25, -0.2) is 4.98 Å². The van der Waals surface area contributed by atoms with Crippen LogP contribution in [0.4, 0.5) is 11.5 Å². The number of nitrogens with zero attached hydrogens (tertiary/aromatic N) is 4. The molecule has 2 aromatic rings. The molecule has 0 unspecified atom stereocenters. The van der Waals surface area contributed by atoms with Gasteiger partial charge in [-0.2, -0.15) is 0 Å². The highest BCUT2D eigenvalue weighted by Gasteiger charge is 2.20. The number of piperidine rings is 1. The topological polar surface area (TPSA) is 68.8 Å². The molecule has 4 rings (SSSR count). The van der Waals surface area contributed by atoms with Crippen LogP contribution in [0.3, 0.4) is 0 Å². The molecule has 172 valence electrons. The van der Waals surface area contributed by atoms with Gasteiger partial charge < -0.3 is 15.1 Å². The molecule has 0 radical (unpaired) electrons. The van der Waals surface area contributed by atoms with Crippen molar-refractivity contribution in [2.45, 2.75) is 33.1 Å². The number of fused-ring (bicyclic) bond motifs is 1. The summed E-state index contributed by atoms with van der Waals surface area (Å²) in [7, 11) is 2.09. The molecule has 2 saturated heterocycles. The second-order valence-corrected chi connectivity index (χ2v) is 9.54. The third kappa shape index (κ3) is 5.64. The molecule has 1 amide bonds. The average Bonchev–Trinajstić information content (AvgIpc) is 2.76. The molecule has 0 saturated carbocycles. The molecule has 7 nitrogen and oxygen atoms in total. The first-order valence-corrected chi connectivity index (χ1v) is 11.8. The van der Waals surface area contributed by atoms with E-state index in [-0.39, 0.29) is 18.1 Å². The highest BCUT2D eigenvalue weighted by atomic mass is 16.2. The Hall–Kier alpha value is -2.51. The highest BCUT2D eigenvalue weighted by Crippen LogP contribution is 2.28. The molecule has 1 aromatic carbocycles. The molecule has 3 heterocycles. The van der Waals surface area contributed by atoms with E-state index in [1.807, 2.05) is 18.2 Å². The van der Waals surface area contributed by atoms with Gasteiger partial charge >= 0.3 is 0 Å². The Labute approximate surface area is 190 Å². The number of benzene rings is 1. The van der Waals surface area contributed by atoms with Crippen LogP contribution >= 0.6 is 0 Å². The van der Waals surface area contributed by atoms with Crippen LogP contribution in [-0.2, 0) is 9.59 Å². The number of rotatable bonds is 6. The first kappa shape index (κ1) is 22.7. The lowest BCUT2D eigenvalue weighted by atomic mass is 9.99. The van der Waals surface area contributed by atoms with Crippen molar-refractivity contribution in [3.05, 3.63) is 29.8 Å². The van der Waals surface area contributed by atoms with E-state index in [9.17, 15) is 9.59 Å². The van der Waals surface area contributed by atoms with Crippen molar-refractivity contribution in [3.63, 3.8) is 0 Å². The summed E-state index contributed by atoms with van der Waals surface area (Å²) in [4.78, 5) is 36.4. The normalized spacial score (nSPS) is 18.8. The number of carbonyl (C=O) groups excluding carboxylic acids is 2. The third-order valence-corrected chi connectivity index (χ3v) is 6.75. The fraction of sp³-hybridized carbons (Fsp3) is 0.560. The van der Waals surface area contributed by atoms with Gasteiger partial charge in [0.05, 0.1) is 18.5 Å². The summed E-state index contributed by atoms with van der Waals surface area (Å²) in [5.41, 5.74) is 2.79. The zero-order valence-corrected chi connectivity index (χ0v) is 19.6. The Balaban J connectivity index is 1.37. The Morgan fingerprint density at radius 3 is 2.50 bits per heavy atom. The van der Waals surface area contributed by atoms with Gasteiger partial charge in [0.15, 0.2) is 5.78 Å². The molecule has 7 heteroatoms. The average molecular weight is 438 g/mol. The standard InChI is InChI=1S/C25H35N5O2/c1-18-6-8-30(9-7-18)24-14-19(2)22-15-20(4-5-23(22)27-24)26-25(32)16-21(31)17-29-12-10-28(3)11-13-29/h4-5,14-15,18H,6-13,16-17H2,1-3H3,(H,26,32). The molecule has 0 atom stereocenters. The number of piperazine rings is 1. The number of nitrogens with one attached hydrogen (secondary N) is 1. The molecule has 2 aliphatic heterocycles. The number of ketones is 1. The summed E-state index contributed by atoms with van der Waals surface area (Å²) in [6, 6.07) is 7.94. The van der Waals surface area contributed by atoms with Gasteiger partial charge in [0.1, 0.15) is 5.82 Å². The number of anilines is 2. The highest BCUT2D eigenvalue weighted by molar-refractivity contribution is 6.05. The largest absolute Gasteiger partial charge is 0.357 e. The lowest BCUT2D eigenvalue weighted by Gasteiger charge is -2.31. The van der Waals surface area contributed by atoms with Crippen LogP contribution < -0.4 is 10.2 Å². The van der Waals surface area contributed by atoms with Crippen molar-refractivity contribution in [3.8, 4) is 0 Å². The Morgan fingerprint density at radius 1 is 1.06 bits per heavy atom. The zero-order chi connectivity index (χ0) is 22.7. The number of pyridine rings is 1. The maximum absolute atomic E-state index is 12.4. The van der Waals surface area contributed by atoms with E-state index in [4.69, 9.17) is 4.98 Å². The van der Waals surface area contributed by atoms with Crippen molar-refractivity contribution in [2.24, 2.45) is 5.92 Å². The van der Waals surface area contributed by atoms with E-state index in [1.165, 1.54) is 12.8 Å². The van der Waals surface area contributed by atoms with Crippen LogP contribution in [0.1, 0.15) is 31.7 Å². The van der Waals surface area contributed by atoms with Crippen molar-refractivity contribution in [2.75, 3.05) is 63.1 Å². The second-order valence-electron chi connectivity index (χ2n) is 9.54. The quantitative estimate of drug-likeness (QED) is 0.701. The summed E-state index contributed by atoms with van der Waals surface area (Å²) in [6.45, 7) is 10.5. The molecule has 0 bridgehead atoms. The molecule has 2 fully saturated rings. The molecular weight excluding hydrogens is 402 g/mol. The fourth-order valence-electron chi connectivity index (χ4n) is 4.55. The Morgan fingerprint density at radius 2 is 1.78 bits per heavy atom. The number of aromatic nitrogens is 1. The number of carbonyl (C=O) groups is 2. The van der Waals surface area contributed by atoms with Crippen molar-refractivity contribution >= 4 is 34.1 Å². The number of hydrogen-bond donors (Lipinski definition) is 1. The first-order chi connectivity index (χ1) is 15.4. The van der Waals surface area contributed by atoms with E-state index >= 15 is 0 Å². The number of Topliss-reactive ketones (excluding diaryl/α,β-unsaturated/α-hetero) is 1. The molecule has 32 heavy (non-hydrogen) atoms. The van der Waals surface area contributed by atoms with Gasteiger partial charge in [-0.3, -0.25) is 14.5 Å². The van der Waals surface area contributed by atoms with Gasteiger partial charge in [-0.05, 0) is 62.6 Å². The van der Waals surface area contributed by atoms with Crippen molar-refractivity contribution in [1.82, 2.24) is 14.8 Å². The monoisotopic (exact) mass is 437 g/mol. The van der Waals surface area contributed by atoms with Crippen LogP contribution in [0.5, 0.6) is 0 Å².